The third kappa shape index (κ3) is 5.13. The number of rotatable bonds is 6. The van der Waals surface area contributed by atoms with E-state index < -0.39 is 18.0 Å². The SMILES string of the molecule is COc1ccc(NC(=O)[C@@H](C)OC(=O)c2ccc(-c3ccc(O)cc3)cc2)cc1. The zero-order valence-corrected chi connectivity index (χ0v) is 16.1. The smallest absolute Gasteiger partial charge is 0.338 e. The third-order valence-corrected chi connectivity index (χ3v) is 4.33. The zero-order valence-electron chi connectivity index (χ0n) is 16.1. The van der Waals surface area contributed by atoms with Crippen LogP contribution >= 0.6 is 0 Å². The molecule has 2 N–H and O–H groups in total. The second kappa shape index (κ2) is 8.93. The minimum atomic E-state index is -0.957. The number of hydrogen-bond donors (Lipinski definition) is 2. The van der Waals surface area contributed by atoms with Crippen LogP contribution in [0.25, 0.3) is 11.1 Å². The van der Waals surface area contributed by atoms with Crippen LogP contribution in [-0.4, -0.2) is 30.2 Å². The second-order valence-electron chi connectivity index (χ2n) is 6.39. The molecule has 3 aromatic carbocycles. The molecular weight excluding hydrogens is 370 g/mol. The number of carbonyl (C=O) groups excluding carboxylic acids is 2. The van der Waals surface area contributed by atoms with E-state index in [0.29, 0.717) is 17.0 Å². The average molecular weight is 391 g/mol. The van der Waals surface area contributed by atoms with Crippen molar-refractivity contribution in [2.24, 2.45) is 0 Å². The second-order valence-corrected chi connectivity index (χ2v) is 6.39. The molecule has 0 unspecified atom stereocenters. The molecule has 0 heterocycles. The Morgan fingerprint density at radius 2 is 1.41 bits per heavy atom. The first-order chi connectivity index (χ1) is 14.0. The first-order valence-electron chi connectivity index (χ1n) is 9.01. The molecule has 1 amide bonds. The van der Waals surface area contributed by atoms with Crippen LogP contribution in [-0.2, 0) is 9.53 Å². The Labute approximate surface area is 168 Å². The van der Waals surface area contributed by atoms with Gasteiger partial charge in [0.2, 0.25) is 0 Å². The standard InChI is InChI=1S/C23H21NO5/c1-15(22(26)24-19-9-13-21(28-2)14-10-19)29-23(27)18-5-3-16(4-6-18)17-7-11-20(25)12-8-17/h3-15,25H,1-2H3,(H,24,26)/t15-/m1/s1. The predicted molar refractivity (Wildman–Crippen MR) is 110 cm³/mol. The van der Waals surface area contributed by atoms with Gasteiger partial charge in [-0.1, -0.05) is 24.3 Å². The number of phenols is 1. The number of carbonyl (C=O) groups is 2. The van der Waals surface area contributed by atoms with E-state index in [1.165, 1.54) is 6.92 Å². The summed E-state index contributed by atoms with van der Waals surface area (Å²) >= 11 is 0. The molecule has 1 atom stereocenters. The number of methoxy groups -OCH3 is 1. The van der Waals surface area contributed by atoms with E-state index in [0.717, 1.165) is 11.1 Å². The van der Waals surface area contributed by atoms with Gasteiger partial charge in [-0.05, 0) is 66.6 Å². The highest BCUT2D eigenvalue weighted by molar-refractivity contribution is 5.97. The van der Waals surface area contributed by atoms with Gasteiger partial charge in [0, 0.05) is 5.69 Å². The summed E-state index contributed by atoms with van der Waals surface area (Å²) in [4.78, 5) is 24.6. The molecular formula is C23H21NO5. The molecule has 148 valence electrons. The van der Waals surface area contributed by atoms with E-state index >= 15 is 0 Å². The molecule has 0 radical (unpaired) electrons. The molecule has 3 aromatic rings. The maximum Gasteiger partial charge on any atom is 0.338 e. The fourth-order valence-corrected chi connectivity index (χ4v) is 2.65. The van der Waals surface area contributed by atoms with E-state index in [2.05, 4.69) is 5.32 Å². The van der Waals surface area contributed by atoms with Gasteiger partial charge in [-0.25, -0.2) is 4.79 Å². The molecule has 0 saturated carbocycles. The van der Waals surface area contributed by atoms with Gasteiger partial charge in [0.05, 0.1) is 12.7 Å². The lowest BCUT2D eigenvalue weighted by Crippen LogP contribution is -2.29. The molecule has 0 aromatic heterocycles. The summed E-state index contributed by atoms with van der Waals surface area (Å²) < 4.78 is 10.3. The fourth-order valence-electron chi connectivity index (χ4n) is 2.65. The fraction of sp³-hybridized carbons (Fsp3) is 0.130. The number of amides is 1. The van der Waals surface area contributed by atoms with Crippen LogP contribution < -0.4 is 10.1 Å². The van der Waals surface area contributed by atoms with Gasteiger partial charge in [-0.3, -0.25) is 4.79 Å². The minimum Gasteiger partial charge on any atom is -0.508 e. The van der Waals surface area contributed by atoms with Gasteiger partial charge in [-0.2, -0.15) is 0 Å². The first kappa shape index (κ1) is 19.9. The lowest BCUT2D eigenvalue weighted by Gasteiger charge is -2.14. The number of phenolic OH excluding ortho intramolecular Hbond substituents is 1. The van der Waals surface area contributed by atoms with E-state index in [4.69, 9.17) is 9.47 Å². The van der Waals surface area contributed by atoms with E-state index in [1.807, 2.05) is 0 Å². The third-order valence-electron chi connectivity index (χ3n) is 4.33. The topological polar surface area (TPSA) is 84.9 Å². The Bertz CT molecular complexity index is 979. The maximum atomic E-state index is 12.3. The van der Waals surface area contributed by atoms with Crippen LogP contribution in [0.1, 0.15) is 17.3 Å². The monoisotopic (exact) mass is 391 g/mol. The van der Waals surface area contributed by atoms with Crippen molar-refractivity contribution < 1.29 is 24.2 Å². The molecule has 0 spiro atoms. The Kier molecular flexibility index (Phi) is 6.14. The molecule has 0 aliphatic rings. The van der Waals surface area contributed by atoms with Gasteiger partial charge in [0.25, 0.3) is 5.91 Å². The van der Waals surface area contributed by atoms with Gasteiger partial charge in [0.15, 0.2) is 6.10 Å². The van der Waals surface area contributed by atoms with Crippen molar-refractivity contribution in [2.45, 2.75) is 13.0 Å². The van der Waals surface area contributed by atoms with Gasteiger partial charge in [0.1, 0.15) is 11.5 Å². The van der Waals surface area contributed by atoms with Crippen molar-refractivity contribution in [3.63, 3.8) is 0 Å². The highest BCUT2D eigenvalue weighted by atomic mass is 16.5. The maximum absolute atomic E-state index is 12.3. The normalized spacial score (nSPS) is 11.4. The summed E-state index contributed by atoms with van der Waals surface area (Å²) in [6.45, 7) is 1.52. The molecule has 0 fully saturated rings. The van der Waals surface area contributed by atoms with Crippen molar-refractivity contribution in [1.29, 1.82) is 0 Å². The molecule has 6 heteroatoms. The van der Waals surface area contributed by atoms with Crippen LogP contribution in [0.3, 0.4) is 0 Å². The van der Waals surface area contributed by atoms with Crippen molar-refractivity contribution in [3.8, 4) is 22.6 Å². The highest BCUT2D eigenvalue weighted by Crippen LogP contribution is 2.22. The molecule has 6 nitrogen and oxygen atoms in total. The molecule has 3 rings (SSSR count). The highest BCUT2D eigenvalue weighted by Gasteiger charge is 2.19. The van der Waals surface area contributed by atoms with Crippen LogP contribution in [0.15, 0.2) is 72.8 Å². The van der Waals surface area contributed by atoms with Crippen LogP contribution in [0, 0.1) is 0 Å². The number of esters is 1. The number of aromatic hydroxyl groups is 1. The Hall–Kier alpha value is -3.80. The molecule has 0 aliphatic carbocycles. The molecule has 29 heavy (non-hydrogen) atoms. The number of benzene rings is 3. The van der Waals surface area contributed by atoms with Crippen LogP contribution in [0.2, 0.25) is 0 Å². The minimum absolute atomic E-state index is 0.191. The summed E-state index contributed by atoms with van der Waals surface area (Å²) in [6.07, 6.45) is -0.957. The Balaban J connectivity index is 1.59. The van der Waals surface area contributed by atoms with Gasteiger partial charge in [-0.15, -0.1) is 0 Å². The van der Waals surface area contributed by atoms with Gasteiger partial charge < -0.3 is 19.9 Å². The van der Waals surface area contributed by atoms with Crippen molar-refractivity contribution in [2.75, 3.05) is 12.4 Å². The van der Waals surface area contributed by atoms with E-state index in [9.17, 15) is 14.7 Å². The van der Waals surface area contributed by atoms with Crippen molar-refractivity contribution in [3.05, 3.63) is 78.4 Å². The van der Waals surface area contributed by atoms with E-state index in [-0.39, 0.29) is 5.75 Å². The van der Waals surface area contributed by atoms with Crippen molar-refractivity contribution >= 4 is 17.6 Å². The number of nitrogens with one attached hydrogen (secondary N) is 1. The Morgan fingerprint density at radius 1 is 0.862 bits per heavy atom. The molecule has 0 saturated heterocycles. The Morgan fingerprint density at radius 3 is 1.97 bits per heavy atom. The quantitative estimate of drug-likeness (QED) is 0.614. The summed E-state index contributed by atoms with van der Waals surface area (Å²) in [7, 11) is 1.56. The summed E-state index contributed by atoms with van der Waals surface area (Å²) in [5.41, 5.74) is 2.73. The lowest BCUT2D eigenvalue weighted by atomic mass is 10.0. The van der Waals surface area contributed by atoms with Crippen LogP contribution in [0.5, 0.6) is 11.5 Å². The molecule has 0 aliphatic heterocycles. The summed E-state index contributed by atoms with van der Waals surface area (Å²) in [5, 5.41) is 12.1. The number of hydrogen-bond acceptors (Lipinski definition) is 5. The van der Waals surface area contributed by atoms with Crippen LogP contribution in [0.4, 0.5) is 5.69 Å². The summed E-state index contributed by atoms with van der Waals surface area (Å²) in [5.74, 6) is -0.141. The molecule has 0 bridgehead atoms. The zero-order chi connectivity index (χ0) is 20.8. The predicted octanol–water partition coefficient (Wildman–Crippen LogP) is 4.25. The summed E-state index contributed by atoms with van der Waals surface area (Å²) in [6, 6.07) is 20.5. The largest absolute Gasteiger partial charge is 0.508 e. The van der Waals surface area contributed by atoms with Crippen molar-refractivity contribution in [1.82, 2.24) is 0 Å². The lowest BCUT2D eigenvalue weighted by molar-refractivity contribution is -0.123. The number of anilines is 1. The number of ether oxygens (including phenoxy) is 2. The first-order valence-corrected chi connectivity index (χ1v) is 9.01. The van der Waals surface area contributed by atoms with E-state index in [1.54, 1.807) is 79.9 Å². The van der Waals surface area contributed by atoms with Gasteiger partial charge >= 0.3 is 5.97 Å². The average Bonchev–Trinajstić information content (AvgIpc) is 2.75.